The van der Waals surface area contributed by atoms with E-state index in [1.54, 1.807) is 13.1 Å². The summed E-state index contributed by atoms with van der Waals surface area (Å²) >= 11 is 10.5. The molecule has 0 atom stereocenters. The molecule has 0 aliphatic heterocycles. The molecule has 0 saturated heterocycles. The van der Waals surface area contributed by atoms with Gasteiger partial charge < -0.3 is 5.32 Å². The van der Waals surface area contributed by atoms with Crippen molar-refractivity contribution in [2.24, 2.45) is 5.10 Å². The lowest BCUT2D eigenvalue weighted by atomic mass is 10.2. The average Bonchev–Trinajstić information content (AvgIpc) is 2.30. The highest BCUT2D eigenvalue weighted by molar-refractivity contribution is 7.80. The monoisotopic (exact) mass is 272 g/mol. The molecule has 0 saturated carbocycles. The fraction of sp³-hybridized carbons (Fsp3) is 0.111. The summed E-state index contributed by atoms with van der Waals surface area (Å²) in [5.41, 5.74) is 2.92. The van der Waals surface area contributed by atoms with Crippen molar-refractivity contribution in [3.05, 3.63) is 38.9 Å². The molecular weight excluding hydrogens is 264 g/mol. The lowest BCUT2D eigenvalue weighted by Crippen LogP contribution is -2.28. The van der Waals surface area contributed by atoms with E-state index in [9.17, 15) is 10.1 Å². The molecule has 0 radical (unpaired) electrons. The van der Waals surface area contributed by atoms with E-state index in [0.717, 1.165) is 0 Å². The third-order valence-corrected chi connectivity index (χ3v) is 2.39. The van der Waals surface area contributed by atoms with Gasteiger partial charge in [0.1, 0.15) is 5.02 Å². The Kier molecular flexibility index (Phi) is 4.80. The number of halogens is 1. The molecule has 17 heavy (non-hydrogen) atoms. The van der Waals surface area contributed by atoms with Gasteiger partial charge in [-0.05, 0) is 18.3 Å². The molecule has 1 rings (SSSR count). The van der Waals surface area contributed by atoms with Crippen LogP contribution >= 0.6 is 23.8 Å². The zero-order chi connectivity index (χ0) is 12.8. The molecule has 0 spiro atoms. The van der Waals surface area contributed by atoms with Gasteiger partial charge in [-0.25, -0.2) is 0 Å². The van der Waals surface area contributed by atoms with Crippen LogP contribution in [0.3, 0.4) is 0 Å². The van der Waals surface area contributed by atoms with Gasteiger partial charge in [-0.15, -0.1) is 0 Å². The lowest BCUT2D eigenvalue weighted by Gasteiger charge is -2.00. The minimum Gasteiger partial charge on any atom is -0.364 e. The van der Waals surface area contributed by atoms with Gasteiger partial charge in [0.25, 0.3) is 5.69 Å². The summed E-state index contributed by atoms with van der Waals surface area (Å²) in [4.78, 5) is 10.1. The molecule has 0 heterocycles. The summed E-state index contributed by atoms with van der Waals surface area (Å²) in [6.45, 7) is 0. The van der Waals surface area contributed by atoms with Gasteiger partial charge in [0.05, 0.1) is 11.1 Å². The van der Waals surface area contributed by atoms with Crippen LogP contribution in [-0.2, 0) is 0 Å². The second-order valence-electron chi connectivity index (χ2n) is 2.92. The second kappa shape index (κ2) is 6.12. The van der Waals surface area contributed by atoms with Crippen LogP contribution in [0.1, 0.15) is 5.56 Å². The van der Waals surface area contributed by atoms with E-state index >= 15 is 0 Å². The summed E-state index contributed by atoms with van der Waals surface area (Å²) < 4.78 is 0. The molecule has 0 bridgehead atoms. The molecule has 0 aliphatic rings. The highest BCUT2D eigenvalue weighted by Crippen LogP contribution is 2.24. The zero-order valence-electron chi connectivity index (χ0n) is 8.81. The van der Waals surface area contributed by atoms with Crippen LogP contribution in [0.4, 0.5) is 5.69 Å². The molecule has 0 fully saturated rings. The standard InChI is InChI=1S/C9H9ClN4O2S/c1-11-9(17)13-12-5-6-2-3-7(10)8(4-6)14(15)16/h2-5H,1H3,(H2,11,13,17)/b12-5-. The van der Waals surface area contributed by atoms with E-state index in [4.69, 9.17) is 23.8 Å². The van der Waals surface area contributed by atoms with E-state index in [0.29, 0.717) is 10.7 Å². The Morgan fingerprint density at radius 1 is 1.65 bits per heavy atom. The molecule has 6 nitrogen and oxygen atoms in total. The number of nitro groups is 1. The van der Waals surface area contributed by atoms with E-state index in [1.165, 1.54) is 18.3 Å². The summed E-state index contributed by atoms with van der Waals surface area (Å²) in [6.07, 6.45) is 1.41. The molecule has 0 aliphatic carbocycles. The Balaban J connectivity index is 2.82. The normalized spacial score (nSPS) is 10.2. The highest BCUT2D eigenvalue weighted by Gasteiger charge is 2.11. The van der Waals surface area contributed by atoms with E-state index < -0.39 is 4.92 Å². The first-order valence-corrected chi connectivity index (χ1v) is 5.28. The Labute approximate surface area is 108 Å². The van der Waals surface area contributed by atoms with Gasteiger partial charge in [0, 0.05) is 18.7 Å². The number of thiocarbonyl (C=S) groups is 1. The fourth-order valence-corrected chi connectivity index (χ4v) is 1.21. The molecule has 0 unspecified atom stereocenters. The quantitative estimate of drug-likeness (QED) is 0.379. The van der Waals surface area contributed by atoms with E-state index in [1.807, 2.05) is 0 Å². The van der Waals surface area contributed by atoms with Gasteiger partial charge in [-0.2, -0.15) is 5.10 Å². The maximum absolute atomic E-state index is 10.6. The Bertz CT molecular complexity index is 478. The van der Waals surface area contributed by atoms with Gasteiger partial charge in [-0.1, -0.05) is 17.7 Å². The van der Waals surface area contributed by atoms with Crippen LogP contribution in [0.15, 0.2) is 23.3 Å². The first-order valence-electron chi connectivity index (χ1n) is 4.49. The number of nitrogens with one attached hydrogen (secondary N) is 2. The number of hydrogen-bond acceptors (Lipinski definition) is 4. The number of hydrazone groups is 1. The third kappa shape index (κ3) is 3.97. The molecule has 8 heteroatoms. The lowest BCUT2D eigenvalue weighted by molar-refractivity contribution is -0.384. The van der Waals surface area contributed by atoms with Crippen molar-refractivity contribution in [3.63, 3.8) is 0 Å². The molecule has 0 amide bonds. The maximum Gasteiger partial charge on any atom is 0.288 e. The third-order valence-electron chi connectivity index (χ3n) is 1.77. The van der Waals surface area contributed by atoms with Crippen LogP contribution in [0.25, 0.3) is 0 Å². The predicted octanol–water partition coefficient (Wildman–Crippen LogP) is 1.68. The van der Waals surface area contributed by atoms with Crippen molar-refractivity contribution < 1.29 is 4.92 Å². The molecule has 2 N–H and O–H groups in total. The van der Waals surface area contributed by atoms with Gasteiger partial charge in [-0.3, -0.25) is 15.5 Å². The largest absolute Gasteiger partial charge is 0.364 e. The molecular formula is C9H9ClN4O2S. The first kappa shape index (κ1) is 13.3. The number of hydrogen-bond donors (Lipinski definition) is 2. The van der Waals surface area contributed by atoms with Crippen molar-refractivity contribution in [1.29, 1.82) is 0 Å². The van der Waals surface area contributed by atoms with Crippen LogP contribution < -0.4 is 10.7 Å². The smallest absolute Gasteiger partial charge is 0.288 e. The van der Waals surface area contributed by atoms with Crippen molar-refractivity contribution in [1.82, 2.24) is 10.7 Å². The predicted molar refractivity (Wildman–Crippen MR) is 70.5 cm³/mol. The summed E-state index contributed by atoms with van der Waals surface area (Å²) in [5.74, 6) is 0. The topological polar surface area (TPSA) is 79.6 Å². The molecule has 0 aromatic heterocycles. The van der Waals surface area contributed by atoms with E-state index in [-0.39, 0.29) is 10.7 Å². The summed E-state index contributed by atoms with van der Waals surface area (Å²) in [5, 5.41) is 17.5. The molecule has 90 valence electrons. The second-order valence-corrected chi connectivity index (χ2v) is 3.73. The number of nitrogens with zero attached hydrogens (tertiary/aromatic N) is 2. The summed E-state index contributed by atoms with van der Waals surface area (Å²) in [6, 6.07) is 4.39. The van der Waals surface area contributed by atoms with Crippen LogP contribution in [0.2, 0.25) is 5.02 Å². The highest BCUT2D eigenvalue weighted by atomic mass is 35.5. The molecule has 1 aromatic rings. The van der Waals surface area contributed by atoms with Crippen molar-refractivity contribution in [2.75, 3.05) is 7.05 Å². The van der Waals surface area contributed by atoms with E-state index in [2.05, 4.69) is 15.8 Å². The summed E-state index contributed by atoms with van der Waals surface area (Å²) in [7, 11) is 1.65. The number of benzene rings is 1. The Morgan fingerprint density at radius 2 is 2.35 bits per heavy atom. The van der Waals surface area contributed by atoms with Crippen LogP contribution in [0.5, 0.6) is 0 Å². The van der Waals surface area contributed by atoms with Crippen molar-refractivity contribution >= 4 is 40.8 Å². The van der Waals surface area contributed by atoms with Crippen molar-refractivity contribution in [3.8, 4) is 0 Å². The Hall–Kier alpha value is -1.73. The van der Waals surface area contributed by atoms with Gasteiger partial charge in [0.2, 0.25) is 0 Å². The molecule has 1 aromatic carbocycles. The minimum atomic E-state index is -0.550. The average molecular weight is 273 g/mol. The minimum absolute atomic E-state index is 0.0888. The number of rotatable bonds is 3. The number of nitro benzene ring substituents is 1. The van der Waals surface area contributed by atoms with Gasteiger partial charge >= 0.3 is 0 Å². The van der Waals surface area contributed by atoms with Crippen LogP contribution in [0, 0.1) is 10.1 Å². The van der Waals surface area contributed by atoms with Crippen molar-refractivity contribution in [2.45, 2.75) is 0 Å². The van der Waals surface area contributed by atoms with Gasteiger partial charge in [0.15, 0.2) is 5.11 Å². The maximum atomic E-state index is 10.6. The zero-order valence-corrected chi connectivity index (χ0v) is 10.4. The fourth-order valence-electron chi connectivity index (χ4n) is 0.971. The SMILES string of the molecule is CNC(=S)N/N=C\c1ccc(Cl)c([N+](=O)[O-])c1. The Morgan fingerprint density at radius 3 is 2.94 bits per heavy atom. The van der Waals surface area contributed by atoms with Crippen LogP contribution in [-0.4, -0.2) is 23.3 Å². The first-order chi connectivity index (χ1) is 8.04.